The van der Waals surface area contributed by atoms with Crippen molar-refractivity contribution in [3.8, 4) is 11.5 Å². The van der Waals surface area contributed by atoms with Crippen LogP contribution in [0.5, 0.6) is 11.5 Å². The molecule has 0 amide bonds. The molecule has 0 bridgehead atoms. The van der Waals surface area contributed by atoms with Crippen LogP contribution in [0.2, 0.25) is 0 Å². The van der Waals surface area contributed by atoms with Crippen LogP contribution in [-0.2, 0) is 0 Å². The number of rotatable bonds is 2. The van der Waals surface area contributed by atoms with E-state index >= 15 is 0 Å². The number of H-pyrrole nitrogens is 1. The van der Waals surface area contributed by atoms with Gasteiger partial charge in [-0.05, 0) is 30.7 Å². The van der Waals surface area contributed by atoms with Crippen LogP contribution in [0.3, 0.4) is 0 Å². The Balaban J connectivity index is 2.06. The zero-order valence-electron chi connectivity index (χ0n) is 9.34. The second-order valence-corrected chi connectivity index (χ2v) is 3.82. The molecule has 0 radical (unpaired) electrons. The van der Waals surface area contributed by atoms with Crippen LogP contribution in [-0.4, -0.2) is 15.4 Å². The van der Waals surface area contributed by atoms with Crippen molar-refractivity contribution in [1.29, 1.82) is 0 Å². The van der Waals surface area contributed by atoms with Gasteiger partial charge < -0.3 is 4.74 Å². The van der Waals surface area contributed by atoms with Crippen molar-refractivity contribution in [1.82, 2.24) is 15.4 Å². The number of benzene rings is 2. The zero-order chi connectivity index (χ0) is 11.7. The van der Waals surface area contributed by atoms with E-state index in [1.807, 2.05) is 49.4 Å². The lowest BCUT2D eigenvalue weighted by atomic mass is 10.2. The second kappa shape index (κ2) is 3.90. The smallest absolute Gasteiger partial charge is 0.157 e. The molecule has 17 heavy (non-hydrogen) atoms. The Kier molecular flexibility index (Phi) is 2.26. The minimum atomic E-state index is 0.713. The Morgan fingerprint density at radius 1 is 0.941 bits per heavy atom. The van der Waals surface area contributed by atoms with Crippen LogP contribution in [0.25, 0.3) is 11.0 Å². The molecular weight excluding hydrogens is 214 g/mol. The molecule has 0 aliphatic rings. The first-order valence-electron chi connectivity index (χ1n) is 5.37. The number of fused-ring (bicyclic) bond motifs is 1. The molecule has 0 spiro atoms. The SMILES string of the molecule is Cc1ccccc1Oc1cccc2n[nH]nc12. The summed E-state index contributed by atoms with van der Waals surface area (Å²) >= 11 is 0. The van der Waals surface area contributed by atoms with Gasteiger partial charge in [-0.2, -0.15) is 15.4 Å². The van der Waals surface area contributed by atoms with Crippen molar-refractivity contribution >= 4 is 11.0 Å². The van der Waals surface area contributed by atoms with Gasteiger partial charge in [-0.3, -0.25) is 0 Å². The summed E-state index contributed by atoms with van der Waals surface area (Å²) in [5, 5.41) is 10.7. The van der Waals surface area contributed by atoms with Crippen LogP contribution in [0, 0.1) is 6.92 Å². The predicted octanol–water partition coefficient (Wildman–Crippen LogP) is 3.06. The first-order valence-corrected chi connectivity index (χ1v) is 5.37. The molecule has 1 N–H and O–H groups in total. The van der Waals surface area contributed by atoms with Gasteiger partial charge in [-0.1, -0.05) is 24.3 Å². The molecule has 4 heteroatoms. The van der Waals surface area contributed by atoms with Crippen LogP contribution >= 0.6 is 0 Å². The lowest BCUT2D eigenvalue weighted by Crippen LogP contribution is -1.88. The lowest BCUT2D eigenvalue weighted by molar-refractivity contribution is 0.483. The van der Waals surface area contributed by atoms with Crippen molar-refractivity contribution in [3.05, 3.63) is 48.0 Å². The Morgan fingerprint density at radius 3 is 2.65 bits per heavy atom. The highest BCUT2D eigenvalue weighted by Crippen LogP contribution is 2.28. The standard InChI is InChI=1S/C13H11N3O/c1-9-5-2-3-7-11(9)17-12-8-4-6-10-13(12)15-16-14-10/h2-8H,1H3,(H,14,15,16). The average molecular weight is 225 g/mol. The molecule has 3 rings (SSSR count). The molecule has 0 aliphatic heterocycles. The Bertz CT molecular complexity index is 660. The van der Waals surface area contributed by atoms with Gasteiger partial charge in [0.2, 0.25) is 0 Å². The topological polar surface area (TPSA) is 50.8 Å². The highest BCUT2D eigenvalue weighted by atomic mass is 16.5. The third-order valence-corrected chi connectivity index (χ3v) is 2.62. The molecule has 84 valence electrons. The van der Waals surface area contributed by atoms with Gasteiger partial charge in [-0.15, -0.1) is 0 Å². The predicted molar refractivity (Wildman–Crippen MR) is 65.1 cm³/mol. The zero-order valence-corrected chi connectivity index (χ0v) is 9.34. The number of aromatic amines is 1. The van der Waals surface area contributed by atoms with Gasteiger partial charge in [-0.25, -0.2) is 0 Å². The monoisotopic (exact) mass is 225 g/mol. The van der Waals surface area contributed by atoms with E-state index in [2.05, 4.69) is 15.4 Å². The first-order chi connectivity index (χ1) is 8.34. The Morgan fingerprint density at radius 2 is 1.76 bits per heavy atom. The third kappa shape index (κ3) is 1.73. The van der Waals surface area contributed by atoms with Crippen molar-refractivity contribution in [2.75, 3.05) is 0 Å². The maximum absolute atomic E-state index is 5.86. The van der Waals surface area contributed by atoms with Gasteiger partial charge in [0.15, 0.2) is 11.3 Å². The fourth-order valence-corrected chi connectivity index (χ4v) is 1.71. The van der Waals surface area contributed by atoms with E-state index < -0.39 is 0 Å². The van der Waals surface area contributed by atoms with E-state index in [9.17, 15) is 0 Å². The summed E-state index contributed by atoms with van der Waals surface area (Å²) in [4.78, 5) is 0. The maximum atomic E-state index is 5.86. The first kappa shape index (κ1) is 9.84. The van der Waals surface area contributed by atoms with Crippen molar-refractivity contribution in [2.24, 2.45) is 0 Å². The molecule has 2 aromatic carbocycles. The summed E-state index contributed by atoms with van der Waals surface area (Å²) in [7, 11) is 0. The van der Waals surface area contributed by atoms with E-state index in [1.165, 1.54) is 0 Å². The molecule has 0 fully saturated rings. The molecular formula is C13H11N3O. The molecule has 1 aromatic heterocycles. The summed E-state index contributed by atoms with van der Waals surface area (Å²) in [6.45, 7) is 2.01. The van der Waals surface area contributed by atoms with E-state index in [0.717, 1.165) is 22.3 Å². The van der Waals surface area contributed by atoms with Crippen LogP contribution in [0.1, 0.15) is 5.56 Å². The summed E-state index contributed by atoms with van der Waals surface area (Å²) < 4.78 is 5.86. The van der Waals surface area contributed by atoms with Gasteiger partial charge in [0, 0.05) is 0 Å². The van der Waals surface area contributed by atoms with Gasteiger partial charge >= 0.3 is 0 Å². The third-order valence-electron chi connectivity index (χ3n) is 2.62. The fraction of sp³-hybridized carbons (Fsp3) is 0.0769. The molecule has 0 aliphatic carbocycles. The maximum Gasteiger partial charge on any atom is 0.157 e. The minimum absolute atomic E-state index is 0.713. The molecule has 3 aromatic rings. The normalized spacial score (nSPS) is 10.6. The molecule has 1 heterocycles. The van der Waals surface area contributed by atoms with Crippen molar-refractivity contribution < 1.29 is 4.74 Å². The number of aryl methyl sites for hydroxylation is 1. The number of hydrogen-bond donors (Lipinski definition) is 1. The van der Waals surface area contributed by atoms with Gasteiger partial charge in [0.05, 0.1) is 0 Å². The average Bonchev–Trinajstić information content (AvgIpc) is 2.81. The molecule has 0 saturated heterocycles. The number of aromatic nitrogens is 3. The number of nitrogens with zero attached hydrogens (tertiary/aromatic N) is 2. The number of nitrogens with one attached hydrogen (secondary N) is 1. The molecule has 0 unspecified atom stereocenters. The Labute approximate surface area is 98.2 Å². The van der Waals surface area contributed by atoms with Crippen LogP contribution in [0.15, 0.2) is 42.5 Å². The van der Waals surface area contributed by atoms with Crippen molar-refractivity contribution in [2.45, 2.75) is 6.92 Å². The van der Waals surface area contributed by atoms with E-state index in [1.54, 1.807) is 0 Å². The van der Waals surface area contributed by atoms with Crippen molar-refractivity contribution in [3.63, 3.8) is 0 Å². The molecule has 0 saturated carbocycles. The summed E-state index contributed by atoms with van der Waals surface area (Å²) in [5.41, 5.74) is 2.64. The quantitative estimate of drug-likeness (QED) is 0.729. The number of ether oxygens (including phenoxy) is 1. The molecule has 4 nitrogen and oxygen atoms in total. The summed E-state index contributed by atoms with van der Waals surface area (Å²) in [6, 6.07) is 13.6. The van der Waals surface area contributed by atoms with E-state index in [4.69, 9.17) is 4.74 Å². The van der Waals surface area contributed by atoms with E-state index in [-0.39, 0.29) is 0 Å². The summed E-state index contributed by atoms with van der Waals surface area (Å²) in [5.74, 6) is 1.55. The highest BCUT2D eigenvalue weighted by Gasteiger charge is 2.07. The lowest BCUT2D eigenvalue weighted by Gasteiger charge is -2.07. The summed E-state index contributed by atoms with van der Waals surface area (Å²) in [6.07, 6.45) is 0. The van der Waals surface area contributed by atoms with Crippen LogP contribution in [0.4, 0.5) is 0 Å². The fourth-order valence-electron chi connectivity index (χ4n) is 1.71. The largest absolute Gasteiger partial charge is 0.455 e. The van der Waals surface area contributed by atoms with Gasteiger partial charge in [0.25, 0.3) is 0 Å². The van der Waals surface area contributed by atoms with Gasteiger partial charge in [0.1, 0.15) is 11.3 Å². The second-order valence-electron chi connectivity index (χ2n) is 3.82. The number of hydrogen-bond acceptors (Lipinski definition) is 3. The number of para-hydroxylation sites is 2. The minimum Gasteiger partial charge on any atom is -0.455 e. The Hall–Kier alpha value is -2.36. The highest BCUT2D eigenvalue weighted by molar-refractivity contribution is 5.80. The van der Waals surface area contributed by atoms with Crippen LogP contribution < -0.4 is 4.74 Å². The van der Waals surface area contributed by atoms with E-state index in [0.29, 0.717) is 5.75 Å². The molecule has 0 atom stereocenters.